The molecule has 2 heterocycles. The molecule has 3 rings (SSSR count). The minimum Gasteiger partial charge on any atom is -0.772 e. The highest BCUT2D eigenvalue weighted by atomic mass is 32.2. The molecule has 152 valence electrons. The minimum atomic E-state index is -4.40. The van der Waals surface area contributed by atoms with Crippen LogP contribution in [0.25, 0.3) is 10.9 Å². The van der Waals surface area contributed by atoms with Crippen molar-refractivity contribution in [3.63, 3.8) is 0 Å². The first kappa shape index (κ1) is 20.7. The van der Waals surface area contributed by atoms with E-state index >= 15 is 0 Å². The molecule has 1 atom stereocenters. The van der Waals surface area contributed by atoms with E-state index in [1.54, 1.807) is 36.4 Å². The Kier molecular flexibility index (Phi) is 6.10. The van der Waals surface area contributed by atoms with Crippen molar-refractivity contribution < 1.29 is 21.9 Å². The first-order valence-electron chi connectivity index (χ1n) is 8.41. The summed E-state index contributed by atoms with van der Waals surface area (Å²) in [6, 6.07) is 9.56. The van der Waals surface area contributed by atoms with Crippen LogP contribution in [-0.2, 0) is 23.4 Å². The molecule has 3 aromatic rings. The van der Waals surface area contributed by atoms with Crippen LogP contribution in [0.1, 0.15) is 11.4 Å². The second-order valence-electron chi connectivity index (χ2n) is 6.15. The Hall–Kier alpha value is -3.03. The lowest BCUT2D eigenvalue weighted by Crippen LogP contribution is -2.18. The summed E-state index contributed by atoms with van der Waals surface area (Å²) in [4.78, 5) is 4.00. The van der Waals surface area contributed by atoms with Crippen LogP contribution in [0.5, 0.6) is 0 Å². The predicted octanol–water partition coefficient (Wildman–Crippen LogP) is 3.02. The van der Waals surface area contributed by atoms with Gasteiger partial charge in [-0.2, -0.15) is 13.2 Å². The summed E-state index contributed by atoms with van der Waals surface area (Å²) in [6.07, 6.45) is -2.93. The monoisotopic (exact) mass is 421 g/mol. The van der Waals surface area contributed by atoms with Crippen LogP contribution in [0.15, 0.2) is 42.6 Å². The molecule has 3 N–H and O–H groups in total. The van der Waals surface area contributed by atoms with E-state index in [1.807, 2.05) is 0 Å². The molecule has 0 fully saturated rings. The summed E-state index contributed by atoms with van der Waals surface area (Å²) < 4.78 is 61.4. The number of halogens is 3. The maximum absolute atomic E-state index is 13.0. The fourth-order valence-corrected chi connectivity index (χ4v) is 3.19. The molecule has 0 aliphatic heterocycles. The fourth-order valence-electron chi connectivity index (χ4n) is 2.78. The quantitative estimate of drug-likeness (QED) is 0.375. The summed E-state index contributed by atoms with van der Waals surface area (Å²) >= 11 is -2.22. The van der Waals surface area contributed by atoms with Gasteiger partial charge in [-0.15, -0.1) is 0 Å². The summed E-state index contributed by atoms with van der Waals surface area (Å²) in [5, 5.41) is 3.48. The number of anilines is 2. The van der Waals surface area contributed by atoms with E-state index in [-0.39, 0.29) is 18.0 Å². The van der Waals surface area contributed by atoms with Crippen LogP contribution in [0, 0.1) is 11.8 Å². The van der Waals surface area contributed by atoms with Crippen molar-refractivity contribution in [2.45, 2.75) is 18.5 Å². The van der Waals surface area contributed by atoms with Gasteiger partial charge >= 0.3 is 6.18 Å². The Morgan fingerprint density at radius 1 is 1.28 bits per heavy atom. The van der Waals surface area contributed by atoms with Crippen molar-refractivity contribution >= 4 is 33.4 Å². The van der Waals surface area contributed by atoms with Crippen molar-refractivity contribution in [3.05, 3.63) is 54.0 Å². The Balaban J connectivity index is 1.77. The van der Waals surface area contributed by atoms with Crippen LogP contribution >= 0.6 is 0 Å². The smallest absolute Gasteiger partial charge is 0.406 e. The lowest BCUT2D eigenvalue weighted by molar-refractivity contribution is -0.140. The molecule has 0 radical (unpaired) electrons. The van der Waals surface area contributed by atoms with Crippen molar-refractivity contribution in [3.8, 4) is 11.8 Å². The highest BCUT2D eigenvalue weighted by molar-refractivity contribution is 7.78. The zero-order valence-corrected chi connectivity index (χ0v) is 15.8. The first-order valence-corrected chi connectivity index (χ1v) is 9.65. The number of fused-ring (bicyclic) bond motifs is 1. The predicted molar refractivity (Wildman–Crippen MR) is 105 cm³/mol. The van der Waals surface area contributed by atoms with Crippen LogP contribution in [-0.4, -0.2) is 31.0 Å². The van der Waals surface area contributed by atoms with Crippen molar-refractivity contribution in [1.82, 2.24) is 9.55 Å². The number of rotatable bonds is 5. The Labute approximate surface area is 167 Å². The molecule has 1 aromatic carbocycles. The van der Waals surface area contributed by atoms with E-state index in [1.165, 1.54) is 6.20 Å². The van der Waals surface area contributed by atoms with Gasteiger partial charge in [0.1, 0.15) is 6.54 Å². The molecule has 0 aliphatic carbocycles. The molecular weight excluding hydrogens is 405 g/mol. The summed E-state index contributed by atoms with van der Waals surface area (Å²) in [7, 11) is 0. The van der Waals surface area contributed by atoms with Crippen LogP contribution in [0.4, 0.5) is 24.5 Å². The third kappa shape index (κ3) is 5.49. The highest BCUT2D eigenvalue weighted by Gasteiger charge is 2.29. The number of benzene rings is 1. The highest BCUT2D eigenvalue weighted by Crippen LogP contribution is 2.28. The topological polar surface area (TPSA) is 96.0 Å². The molecule has 2 aromatic heterocycles. The van der Waals surface area contributed by atoms with Crippen molar-refractivity contribution in [1.29, 1.82) is 0 Å². The first-order chi connectivity index (χ1) is 13.7. The van der Waals surface area contributed by atoms with E-state index < -0.39 is 23.8 Å². The van der Waals surface area contributed by atoms with E-state index in [4.69, 9.17) is 5.73 Å². The van der Waals surface area contributed by atoms with Gasteiger partial charge in [0.15, 0.2) is 0 Å². The number of nitrogens with two attached hydrogens (primary N) is 1. The van der Waals surface area contributed by atoms with Gasteiger partial charge in [-0.1, -0.05) is 12.0 Å². The standard InChI is InChI=1S/C19H17F3N4O2S/c20-19(21,22)12-26-15(9-16-17(23)4-1-5-18(16)26)3-2-8-24-13-6-7-14(25-10-13)11-29(27)28/h1,4-7,9-10,24H,8,11-12,23H2,(H,27,28)/p-1. The van der Waals surface area contributed by atoms with Crippen LogP contribution < -0.4 is 11.1 Å². The van der Waals surface area contributed by atoms with E-state index in [9.17, 15) is 21.9 Å². The number of pyridine rings is 1. The van der Waals surface area contributed by atoms with Gasteiger partial charge in [-0.05, 0) is 47.3 Å². The second kappa shape index (κ2) is 8.55. The molecule has 29 heavy (non-hydrogen) atoms. The minimum absolute atomic E-state index is 0.164. The molecule has 0 aliphatic rings. The zero-order chi connectivity index (χ0) is 21.0. The number of nitrogens with one attached hydrogen (secondary N) is 1. The van der Waals surface area contributed by atoms with Gasteiger partial charge < -0.3 is 20.2 Å². The van der Waals surface area contributed by atoms with Crippen LogP contribution in [0.2, 0.25) is 0 Å². The number of nitrogens with zero attached hydrogens (tertiary/aromatic N) is 2. The number of hydrogen-bond acceptors (Lipinski definition) is 5. The van der Waals surface area contributed by atoms with Gasteiger partial charge in [-0.3, -0.25) is 9.19 Å². The fraction of sp³-hybridized carbons (Fsp3) is 0.211. The zero-order valence-electron chi connectivity index (χ0n) is 15.0. The number of aromatic nitrogens is 2. The maximum atomic E-state index is 13.0. The molecule has 0 saturated heterocycles. The Morgan fingerprint density at radius 2 is 2.07 bits per heavy atom. The van der Waals surface area contributed by atoms with Gasteiger partial charge in [0.25, 0.3) is 0 Å². The molecule has 0 saturated carbocycles. The van der Waals surface area contributed by atoms with Crippen LogP contribution in [0.3, 0.4) is 0 Å². The third-order valence-electron chi connectivity index (χ3n) is 4.00. The molecular formula is C19H16F3N4O2S-. The van der Waals surface area contributed by atoms with Gasteiger partial charge in [0, 0.05) is 11.1 Å². The average molecular weight is 421 g/mol. The summed E-state index contributed by atoms with van der Waals surface area (Å²) in [5.41, 5.74) is 7.86. The van der Waals surface area contributed by atoms with E-state index in [0.29, 0.717) is 28.0 Å². The lowest BCUT2D eigenvalue weighted by atomic mass is 10.2. The molecule has 1 unspecified atom stereocenters. The molecule has 0 bridgehead atoms. The summed E-state index contributed by atoms with van der Waals surface area (Å²) in [5.74, 6) is 5.37. The van der Waals surface area contributed by atoms with Gasteiger partial charge in [0.2, 0.25) is 0 Å². The largest absolute Gasteiger partial charge is 0.772 e. The van der Waals surface area contributed by atoms with Gasteiger partial charge in [-0.25, -0.2) is 0 Å². The van der Waals surface area contributed by atoms with Gasteiger partial charge in [0.05, 0.1) is 41.1 Å². The average Bonchev–Trinajstić information content (AvgIpc) is 2.97. The Bertz CT molecular complexity index is 1100. The normalized spacial score (nSPS) is 12.4. The number of alkyl halides is 3. The summed E-state index contributed by atoms with van der Waals surface area (Å²) in [6.45, 7) is -0.999. The third-order valence-corrected chi connectivity index (χ3v) is 4.54. The van der Waals surface area contributed by atoms with E-state index in [0.717, 1.165) is 4.57 Å². The SMILES string of the molecule is Nc1cccc2c1cc(C#CCNc1ccc(CS(=O)[O-])nc1)n2CC(F)(F)F. The molecule has 6 nitrogen and oxygen atoms in total. The molecule has 10 heteroatoms. The maximum Gasteiger partial charge on any atom is 0.406 e. The second-order valence-corrected chi connectivity index (χ2v) is 7.05. The van der Waals surface area contributed by atoms with E-state index in [2.05, 4.69) is 22.1 Å². The number of hydrogen-bond donors (Lipinski definition) is 2. The van der Waals surface area contributed by atoms with Crippen molar-refractivity contribution in [2.24, 2.45) is 0 Å². The van der Waals surface area contributed by atoms with Crippen molar-refractivity contribution in [2.75, 3.05) is 17.6 Å². The lowest BCUT2D eigenvalue weighted by Gasteiger charge is -2.11. The number of nitrogen functional groups attached to an aromatic ring is 1. The molecule has 0 spiro atoms. The molecule has 0 amide bonds. The Morgan fingerprint density at radius 3 is 2.72 bits per heavy atom.